The molecule has 148 valence electrons. The van der Waals surface area contributed by atoms with Crippen LogP contribution in [0.4, 0.5) is 11.8 Å². The fraction of sp³-hybridized carbons (Fsp3) is 0.227. The maximum Gasteiger partial charge on any atom is 0.225 e. The SMILES string of the molecule is COc1ccc(-c2nc(NCC(C)C)nc3nn(-c4ccccc4)c(N)c23)cc1. The largest absolute Gasteiger partial charge is 0.497 e. The van der Waals surface area contributed by atoms with E-state index in [0.29, 0.717) is 23.3 Å². The number of nitrogens with two attached hydrogens (primary N) is 1. The molecular weight excluding hydrogens is 364 g/mol. The first-order valence-corrected chi connectivity index (χ1v) is 9.56. The molecule has 29 heavy (non-hydrogen) atoms. The molecule has 0 bridgehead atoms. The number of methoxy groups -OCH3 is 1. The number of hydrogen-bond donors (Lipinski definition) is 2. The topological polar surface area (TPSA) is 90.9 Å². The lowest BCUT2D eigenvalue weighted by atomic mass is 10.1. The lowest BCUT2D eigenvalue weighted by Crippen LogP contribution is -2.11. The highest BCUT2D eigenvalue weighted by molar-refractivity contribution is 5.99. The van der Waals surface area contributed by atoms with Crippen molar-refractivity contribution in [3.8, 4) is 22.7 Å². The van der Waals surface area contributed by atoms with Gasteiger partial charge in [0.15, 0.2) is 5.65 Å². The highest BCUT2D eigenvalue weighted by Crippen LogP contribution is 2.33. The number of ether oxygens (including phenoxy) is 1. The molecule has 0 radical (unpaired) electrons. The summed E-state index contributed by atoms with van der Waals surface area (Å²) in [6.07, 6.45) is 0. The molecule has 4 rings (SSSR count). The molecule has 0 spiro atoms. The molecule has 4 aromatic rings. The van der Waals surface area contributed by atoms with E-state index in [9.17, 15) is 0 Å². The van der Waals surface area contributed by atoms with E-state index < -0.39 is 0 Å². The molecule has 0 amide bonds. The Bertz CT molecular complexity index is 1120. The van der Waals surface area contributed by atoms with Crippen molar-refractivity contribution in [2.24, 2.45) is 5.92 Å². The number of fused-ring (bicyclic) bond motifs is 1. The molecule has 0 aliphatic carbocycles. The summed E-state index contributed by atoms with van der Waals surface area (Å²) in [6.45, 7) is 5.04. The maximum absolute atomic E-state index is 6.51. The highest BCUT2D eigenvalue weighted by Gasteiger charge is 2.19. The first kappa shape index (κ1) is 18.7. The zero-order valence-electron chi connectivity index (χ0n) is 16.8. The van der Waals surface area contributed by atoms with Gasteiger partial charge in [0.1, 0.15) is 11.6 Å². The molecule has 0 fully saturated rings. The van der Waals surface area contributed by atoms with Crippen LogP contribution in [-0.4, -0.2) is 33.4 Å². The first-order chi connectivity index (χ1) is 14.1. The number of nitrogen functional groups attached to an aromatic ring is 1. The minimum Gasteiger partial charge on any atom is -0.497 e. The maximum atomic E-state index is 6.51. The van der Waals surface area contributed by atoms with Crippen LogP contribution in [-0.2, 0) is 0 Å². The summed E-state index contributed by atoms with van der Waals surface area (Å²) in [7, 11) is 1.65. The first-order valence-electron chi connectivity index (χ1n) is 9.56. The molecule has 0 atom stereocenters. The Morgan fingerprint density at radius 2 is 1.76 bits per heavy atom. The molecule has 7 nitrogen and oxygen atoms in total. The lowest BCUT2D eigenvalue weighted by Gasteiger charge is -2.10. The third-order valence-electron chi connectivity index (χ3n) is 4.60. The predicted molar refractivity (Wildman–Crippen MR) is 116 cm³/mol. The van der Waals surface area contributed by atoms with Crippen LogP contribution >= 0.6 is 0 Å². The second-order valence-electron chi connectivity index (χ2n) is 7.23. The Hall–Kier alpha value is -3.61. The summed E-state index contributed by atoms with van der Waals surface area (Å²) in [5, 5.41) is 8.70. The van der Waals surface area contributed by atoms with Gasteiger partial charge in [0.2, 0.25) is 5.95 Å². The minimum absolute atomic E-state index is 0.464. The van der Waals surface area contributed by atoms with E-state index in [1.54, 1.807) is 11.8 Å². The summed E-state index contributed by atoms with van der Waals surface area (Å²) >= 11 is 0. The van der Waals surface area contributed by atoms with E-state index in [1.807, 2.05) is 54.6 Å². The van der Waals surface area contributed by atoms with Gasteiger partial charge in [-0.15, -0.1) is 5.10 Å². The minimum atomic E-state index is 0.464. The summed E-state index contributed by atoms with van der Waals surface area (Å²) in [5.74, 6) is 2.29. The van der Waals surface area contributed by atoms with Crippen molar-refractivity contribution in [3.63, 3.8) is 0 Å². The number of rotatable bonds is 6. The van der Waals surface area contributed by atoms with Crippen LogP contribution in [0.1, 0.15) is 13.8 Å². The van der Waals surface area contributed by atoms with Gasteiger partial charge in [0, 0.05) is 12.1 Å². The molecule has 0 saturated carbocycles. The number of nitrogens with one attached hydrogen (secondary N) is 1. The lowest BCUT2D eigenvalue weighted by molar-refractivity contribution is 0.415. The smallest absolute Gasteiger partial charge is 0.225 e. The highest BCUT2D eigenvalue weighted by atomic mass is 16.5. The molecule has 2 heterocycles. The fourth-order valence-corrected chi connectivity index (χ4v) is 3.11. The van der Waals surface area contributed by atoms with Gasteiger partial charge in [0.05, 0.1) is 23.9 Å². The second kappa shape index (κ2) is 7.79. The zero-order valence-corrected chi connectivity index (χ0v) is 16.8. The summed E-state index contributed by atoms with van der Waals surface area (Å²) in [6, 6.07) is 17.5. The quantitative estimate of drug-likeness (QED) is 0.516. The number of nitrogens with zero attached hydrogens (tertiary/aromatic N) is 4. The van der Waals surface area contributed by atoms with Gasteiger partial charge in [-0.2, -0.15) is 4.98 Å². The number of anilines is 2. The second-order valence-corrected chi connectivity index (χ2v) is 7.23. The Labute approximate surface area is 169 Å². The van der Waals surface area contributed by atoms with Gasteiger partial charge in [-0.3, -0.25) is 0 Å². The molecule has 0 unspecified atom stereocenters. The van der Waals surface area contributed by atoms with Crippen LogP contribution in [0.15, 0.2) is 54.6 Å². The standard InChI is InChI=1S/C22H24N6O/c1-14(2)13-24-22-25-19(15-9-11-17(29-3)12-10-15)18-20(23)28(27-21(18)26-22)16-7-5-4-6-8-16/h4-12,14H,13,23H2,1-3H3,(H,24,26,27). The Morgan fingerprint density at radius 3 is 2.41 bits per heavy atom. The van der Waals surface area contributed by atoms with E-state index in [2.05, 4.69) is 29.2 Å². The van der Waals surface area contributed by atoms with Crippen LogP contribution in [0.5, 0.6) is 5.75 Å². The molecule has 0 aliphatic rings. The monoisotopic (exact) mass is 388 g/mol. The van der Waals surface area contributed by atoms with Crippen molar-refractivity contribution in [1.82, 2.24) is 19.7 Å². The number of para-hydroxylation sites is 1. The van der Waals surface area contributed by atoms with Crippen LogP contribution in [0.3, 0.4) is 0 Å². The summed E-state index contributed by atoms with van der Waals surface area (Å²) in [4.78, 5) is 9.39. The molecule has 0 saturated heterocycles. The Balaban J connectivity index is 1.91. The van der Waals surface area contributed by atoms with Crippen molar-refractivity contribution >= 4 is 22.8 Å². The average Bonchev–Trinajstić information content (AvgIpc) is 3.09. The van der Waals surface area contributed by atoms with Crippen LogP contribution < -0.4 is 15.8 Å². The average molecular weight is 388 g/mol. The van der Waals surface area contributed by atoms with Crippen LogP contribution in [0.25, 0.3) is 28.0 Å². The van der Waals surface area contributed by atoms with Crippen molar-refractivity contribution in [2.45, 2.75) is 13.8 Å². The van der Waals surface area contributed by atoms with Crippen LogP contribution in [0.2, 0.25) is 0 Å². The number of benzene rings is 2. The van der Waals surface area contributed by atoms with E-state index in [-0.39, 0.29) is 0 Å². The van der Waals surface area contributed by atoms with E-state index in [4.69, 9.17) is 15.5 Å². The van der Waals surface area contributed by atoms with Crippen molar-refractivity contribution in [2.75, 3.05) is 24.7 Å². The van der Waals surface area contributed by atoms with Crippen molar-refractivity contribution < 1.29 is 4.74 Å². The van der Waals surface area contributed by atoms with Gasteiger partial charge < -0.3 is 15.8 Å². The fourth-order valence-electron chi connectivity index (χ4n) is 3.11. The zero-order chi connectivity index (χ0) is 20.4. The summed E-state index contributed by atoms with van der Waals surface area (Å²) in [5.41, 5.74) is 9.60. The molecular formula is C22H24N6O. The Kier molecular flexibility index (Phi) is 5.03. The van der Waals surface area contributed by atoms with Gasteiger partial charge in [0.25, 0.3) is 0 Å². The predicted octanol–water partition coefficient (Wildman–Crippen LogP) is 4.14. The molecule has 2 aromatic heterocycles. The van der Waals surface area contributed by atoms with Gasteiger partial charge in [-0.05, 0) is 42.3 Å². The van der Waals surface area contributed by atoms with Crippen molar-refractivity contribution in [1.29, 1.82) is 0 Å². The van der Waals surface area contributed by atoms with Crippen molar-refractivity contribution in [3.05, 3.63) is 54.6 Å². The molecule has 0 aliphatic heterocycles. The van der Waals surface area contributed by atoms with E-state index >= 15 is 0 Å². The number of aromatic nitrogens is 4. The van der Waals surface area contributed by atoms with Crippen LogP contribution in [0, 0.1) is 5.92 Å². The summed E-state index contributed by atoms with van der Waals surface area (Å²) < 4.78 is 6.99. The third kappa shape index (κ3) is 3.71. The Morgan fingerprint density at radius 1 is 1.03 bits per heavy atom. The van der Waals surface area contributed by atoms with Gasteiger partial charge >= 0.3 is 0 Å². The number of hydrogen-bond acceptors (Lipinski definition) is 6. The van der Waals surface area contributed by atoms with Gasteiger partial charge in [-0.1, -0.05) is 32.0 Å². The van der Waals surface area contributed by atoms with E-state index in [0.717, 1.165) is 34.6 Å². The molecule has 7 heteroatoms. The van der Waals surface area contributed by atoms with E-state index in [1.165, 1.54) is 0 Å². The van der Waals surface area contributed by atoms with Gasteiger partial charge in [-0.25, -0.2) is 9.67 Å². The molecule has 3 N–H and O–H groups in total. The third-order valence-corrected chi connectivity index (χ3v) is 4.60. The normalized spacial score (nSPS) is 11.2. The molecule has 2 aromatic carbocycles.